The fraction of sp³-hybridized carbons (Fsp3) is 0.500. The zero-order valence-electron chi connectivity index (χ0n) is 10.1. The molecule has 0 spiro atoms. The minimum absolute atomic E-state index is 0.125. The average molecular weight is 269 g/mol. The van der Waals surface area contributed by atoms with E-state index in [0.717, 1.165) is 19.3 Å². The predicted octanol–water partition coefficient (Wildman–Crippen LogP) is 1.16. The number of hydrogen-bond donors (Lipinski definition) is 1. The van der Waals surface area contributed by atoms with Gasteiger partial charge in [-0.3, -0.25) is 0 Å². The summed E-state index contributed by atoms with van der Waals surface area (Å²) in [5, 5.41) is 0. The molecule has 98 valence electrons. The Balaban J connectivity index is 2.22. The van der Waals surface area contributed by atoms with Crippen LogP contribution < -0.4 is 15.2 Å². The molecule has 1 aliphatic carbocycles. The number of rotatable bonds is 2. The highest BCUT2D eigenvalue weighted by Crippen LogP contribution is 2.46. The van der Waals surface area contributed by atoms with Crippen molar-refractivity contribution in [2.24, 2.45) is 5.73 Å². The van der Waals surface area contributed by atoms with E-state index in [1.807, 2.05) is 0 Å². The average Bonchev–Trinajstić information content (AvgIpc) is 2.69. The van der Waals surface area contributed by atoms with Crippen molar-refractivity contribution in [1.29, 1.82) is 0 Å². The van der Waals surface area contributed by atoms with E-state index < -0.39 is 15.4 Å². The van der Waals surface area contributed by atoms with Crippen LogP contribution >= 0.6 is 0 Å². The molecule has 1 aromatic carbocycles. The van der Waals surface area contributed by atoms with Crippen molar-refractivity contribution in [3.8, 4) is 11.5 Å². The molecule has 18 heavy (non-hydrogen) atoms. The lowest BCUT2D eigenvalue weighted by atomic mass is 9.72. The molecule has 0 aromatic heterocycles. The maximum atomic E-state index is 11.9. The van der Waals surface area contributed by atoms with Gasteiger partial charge >= 0.3 is 0 Å². The highest BCUT2D eigenvalue weighted by atomic mass is 32.2. The third-order valence-electron chi connectivity index (χ3n) is 3.66. The first-order valence-corrected chi connectivity index (χ1v) is 7.72. The summed E-state index contributed by atoms with van der Waals surface area (Å²) in [6.45, 7) is 0.125. The van der Waals surface area contributed by atoms with E-state index in [1.165, 1.54) is 12.3 Å². The van der Waals surface area contributed by atoms with Gasteiger partial charge in [-0.05, 0) is 30.9 Å². The maximum absolute atomic E-state index is 11.9. The molecule has 1 aliphatic heterocycles. The second kappa shape index (κ2) is 3.61. The molecule has 0 unspecified atom stereocenters. The molecule has 1 heterocycles. The van der Waals surface area contributed by atoms with Crippen molar-refractivity contribution in [3.05, 3.63) is 17.7 Å². The largest absolute Gasteiger partial charge is 0.454 e. The Bertz CT molecular complexity index is 605. The smallest absolute Gasteiger partial charge is 0.231 e. The Kier molecular flexibility index (Phi) is 2.37. The highest BCUT2D eigenvalue weighted by Gasteiger charge is 2.39. The monoisotopic (exact) mass is 269 g/mol. The fourth-order valence-electron chi connectivity index (χ4n) is 2.45. The second-order valence-electron chi connectivity index (χ2n) is 4.98. The van der Waals surface area contributed by atoms with Crippen molar-refractivity contribution in [1.82, 2.24) is 0 Å². The number of hydrogen-bond acceptors (Lipinski definition) is 5. The van der Waals surface area contributed by atoms with E-state index in [1.54, 1.807) is 6.07 Å². The van der Waals surface area contributed by atoms with Crippen LogP contribution in [0.1, 0.15) is 24.8 Å². The van der Waals surface area contributed by atoms with E-state index in [9.17, 15) is 8.42 Å². The minimum atomic E-state index is -3.33. The summed E-state index contributed by atoms with van der Waals surface area (Å²) in [6.07, 6.45) is 3.81. The molecule has 0 bridgehead atoms. The molecule has 0 saturated heterocycles. The normalized spacial score (nSPS) is 20.6. The topological polar surface area (TPSA) is 78.6 Å². The van der Waals surface area contributed by atoms with Gasteiger partial charge in [-0.2, -0.15) is 0 Å². The maximum Gasteiger partial charge on any atom is 0.231 e. The molecular weight excluding hydrogens is 254 g/mol. The van der Waals surface area contributed by atoms with Crippen LogP contribution in [0.5, 0.6) is 11.5 Å². The lowest BCUT2D eigenvalue weighted by Gasteiger charge is -2.39. The van der Waals surface area contributed by atoms with Crippen LogP contribution in [0.3, 0.4) is 0 Å². The first-order chi connectivity index (χ1) is 8.40. The van der Waals surface area contributed by atoms with Gasteiger partial charge in [0.25, 0.3) is 0 Å². The zero-order valence-corrected chi connectivity index (χ0v) is 10.9. The molecular formula is C12H15NO4S. The minimum Gasteiger partial charge on any atom is -0.454 e. The summed E-state index contributed by atoms with van der Waals surface area (Å²) in [7, 11) is -3.33. The summed E-state index contributed by atoms with van der Waals surface area (Å²) in [5.41, 5.74) is 6.37. The van der Waals surface area contributed by atoms with E-state index in [2.05, 4.69) is 0 Å². The molecule has 5 nitrogen and oxygen atoms in total. The Morgan fingerprint density at radius 3 is 2.33 bits per heavy atom. The van der Waals surface area contributed by atoms with Crippen LogP contribution in [0.25, 0.3) is 0 Å². The van der Waals surface area contributed by atoms with Gasteiger partial charge in [-0.15, -0.1) is 0 Å². The molecule has 0 atom stereocenters. The van der Waals surface area contributed by atoms with Crippen LogP contribution in [0.15, 0.2) is 17.0 Å². The van der Waals surface area contributed by atoms with Crippen LogP contribution in [-0.4, -0.2) is 21.5 Å². The quantitative estimate of drug-likeness (QED) is 0.871. The number of nitrogens with two attached hydrogens (primary N) is 1. The van der Waals surface area contributed by atoms with Gasteiger partial charge in [0.15, 0.2) is 21.3 Å². The summed E-state index contributed by atoms with van der Waals surface area (Å²) >= 11 is 0. The van der Waals surface area contributed by atoms with Crippen molar-refractivity contribution < 1.29 is 17.9 Å². The van der Waals surface area contributed by atoms with Gasteiger partial charge in [0, 0.05) is 17.9 Å². The lowest BCUT2D eigenvalue weighted by Crippen LogP contribution is -2.44. The summed E-state index contributed by atoms with van der Waals surface area (Å²) in [4.78, 5) is 0.258. The van der Waals surface area contributed by atoms with Crippen molar-refractivity contribution in [3.63, 3.8) is 0 Å². The third-order valence-corrected chi connectivity index (χ3v) is 4.79. The van der Waals surface area contributed by atoms with Crippen LogP contribution in [0.4, 0.5) is 0 Å². The summed E-state index contributed by atoms with van der Waals surface area (Å²) in [5.74, 6) is 1.05. The van der Waals surface area contributed by atoms with Crippen molar-refractivity contribution >= 4 is 9.84 Å². The standard InChI is InChI=1S/C12H15NO4S/c1-18(14,15)11-6-10-9(16-7-17-10)5-8(11)12(13)3-2-4-12/h5-6H,2-4,7,13H2,1H3. The molecule has 2 aliphatic rings. The number of benzene rings is 1. The Morgan fingerprint density at radius 1 is 1.22 bits per heavy atom. The van der Waals surface area contributed by atoms with Crippen molar-refractivity contribution in [2.75, 3.05) is 13.0 Å². The van der Waals surface area contributed by atoms with Crippen LogP contribution in [0.2, 0.25) is 0 Å². The van der Waals surface area contributed by atoms with Gasteiger partial charge in [0.1, 0.15) is 0 Å². The first kappa shape index (κ1) is 11.8. The number of ether oxygens (including phenoxy) is 2. The Morgan fingerprint density at radius 2 is 1.83 bits per heavy atom. The number of sulfone groups is 1. The third kappa shape index (κ3) is 1.67. The van der Waals surface area contributed by atoms with E-state index >= 15 is 0 Å². The number of fused-ring (bicyclic) bond motifs is 1. The fourth-order valence-corrected chi connectivity index (χ4v) is 3.43. The molecule has 0 radical (unpaired) electrons. The predicted molar refractivity (Wildman–Crippen MR) is 65.4 cm³/mol. The Labute approximate surface area is 106 Å². The Hall–Kier alpha value is -1.27. The van der Waals surface area contributed by atoms with E-state index in [4.69, 9.17) is 15.2 Å². The van der Waals surface area contributed by atoms with Gasteiger partial charge in [0.2, 0.25) is 6.79 Å². The molecule has 6 heteroatoms. The molecule has 3 rings (SSSR count). The second-order valence-corrected chi connectivity index (χ2v) is 6.97. The van der Waals surface area contributed by atoms with Gasteiger partial charge in [-0.1, -0.05) is 0 Å². The van der Waals surface area contributed by atoms with E-state index in [-0.39, 0.29) is 11.7 Å². The van der Waals surface area contributed by atoms with Gasteiger partial charge in [0.05, 0.1) is 4.90 Å². The lowest BCUT2D eigenvalue weighted by molar-refractivity contribution is 0.173. The van der Waals surface area contributed by atoms with Crippen molar-refractivity contribution in [2.45, 2.75) is 29.7 Å². The summed E-state index contributed by atoms with van der Waals surface area (Å²) < 4.78 is 34.3. The van der Waals surface area contributed by atoms with Gasteiger partial charge in [-0.25, -0.2) is 8.42 Å². The summed E-state index contributed by atoms with van der Waals surface area (Å²) in [6, 6.07) is 3.25. The van der Waals surface area contributed by atoms with Crippen LogP contribution in [0, 0.1) is 0 Å². The molecule has 1 saturated carbocycles. The molecule has 1 fully saturated rings. The first-order valence-electron chi connectivity index (χ1n) is 5.83. The SMILES string of the molecule is CS(=O)(=O)c1cc2c(cc1C1(N)CCC1)OCO2. The van der Waals surface area contributed by atoms with Crippen LogP contribution in [-0.2, 0) is 15.4 Å². The molecule has 1 aromatic rings. The zero-order chi connectivity index (χ0) is 13.0. The van der Waals surface area contributed by atoms with Gasteiger partial charge < -0.3 is 15.2 Å². The highest BCUT2D eigenvalue weighted by molar-refractivity contribution is 7.90. The molecule has 0 amide bonds. The molecule has 2 N–H and O–H groups in total. The van der Waals surface area contributed by atoms with E-state index in [0.29, 0.717) is 17.1 Å².